The maximum atomic E-state index is 13.1. The minimum atomic E-state index is -0.587. The summed E-state index contributed by atoms with van der Waals surface area (Å²) in [5.74, 6) is -0.514. The van der Waals surface area contributed by atoms with Gasteiger partial charge in [-0.1, -0.05) is 12.1 Å². The van der Waals surface area contributed by atoms with E-state index in [4.69, 9.17) is 5.73 Å². The van der Waals surface area contributed by atoms with Gasteiger partial charge in [0.2, 0.25) is 5.91 Å². The van der Waals surface area contributed by atoms with Crippen molar-refractivity contribution < 1.29 is 14.0 Å². The number of carbonyl (C=O) groups is 2. The molecule has 0 aliphatic carbocycles. The Morgan fingerprint density at radius 3 is 2.59 bits per heavy atom. The van der Waals surface area contributed by atoms with Crippen LogP contribution in [0.15, 0.2) is 42.7 Å². The van der Waals surface area contributed by atoms with E-state index in [1.54, 1.807) is 33.6 Å². The number of nitrogens with zero attached hydrogens (tertiary/aromatic N) is 5. The molecule has 0 saturated carbocycles. The molecule has 2 amide bonds. The zero-order valence-electron chi connectivity index (χ0n) is 17.7. The van der Waals surface area contributed by atoms with Crippen LogP contribution in [0.5, 0.6) is 0 Å². The predicted octanol–water partition coefficient (Wildman–Crippen LogP) is 2.40. The zero-order chi connectivity index (χ0) is 22.8. The van der Waals surface area contributed by atoms with Crippen molar-refractivity contribution in [1.29, 1.82) is 0 Å². The van der Waals surface area contributed by atoms with Gasteiger partial charge in [-0.05, 0) is 43.5 Å². The van der Waals surface area contributed by atoms with E-state index in [1.807, 2.05) is 13.8 Å². The molecule has 4 aromatic rings. The highest BCUT2D eigenvalue weighted by Crippen LogP contribution is 2.19. The number of nitrogens with two attached hydrogens (primary N) is 1. The first-order valence-corrected chi connectivity index (χ1v) is 10.0. The highest BCUT2D eigenvalue weighted by atomic mass is 19.1. The Balaban J connectivity index is 1.45. The minimum Gasteiger partial charge on any atom is -0.365 e. The zero-order valence-corrected chi connectivity index (χ0v) is 17.7. The van der Waals surface area contributed by atoms with Gasteiger partial charge in [0.25, 0.3) is 5.91 Å². The first kappa shape index (κ1) is 21.2. The summed E-state index contributed by atoms with van der Waals surface area (Å²) >= 11 is 0. The molecule has 32 heavy (non-hydrogen) atoms. The number of halogens is 1. The number of carbonyl (C=O) groups excluding carboxylic acids is 2. The first-order valence-electron chi connectivity index (χ1n) is 10.0. The summed E-state index contributed by atoms with van der Waals surface area (Å²) in [7, 11) is 0. The number of anilines is 1. The molecule has 0 bridgehead atoms. The number of fused-ring (bicyclic) bond motifs is 1. The number of primary amides is 1. The van der Waals surface area contributed by atoms with Gasteiger partial charge in [-0.15, -0.1) is 0 Å². The van der Waals surface area contributed by atoms with Crippen molar-refractivity contribution in [2.45, 2.75) is 33.2 Å². The third kappa shape index (κ3) is 4.20. The lowest BCUT2D eigenvalue weighted by Crippen LogP contribution is -2.17. The molecule has 0 unspecified atom stereocenters. The topological polar surface area (TPSA) is 120 Å². The van der Waals surface area contributed by atoms with E-state index in [9.17, 15) is 14.0 Å². The normalized spacial score (nSPS) is 11.1. The van der Waals surface area contributed by atoms with Crippen molar-refractivity contribution in [2.24, 2.45) is 5.73 Å². The smallest absolute Gasteiger partial charge is 0.254 e. The van der Waals surface area contributed by atoms with E-state index in [2.05, 4.69) is 20.5 Å². The second kappa shape index (κ2) is 8.58. The van der Waals surface area contributed by atoms with Gasteiger partial charge in [-0.3, -0.25) is 9.59 Å². The highest BCUT2D eigenvalue weighted by molar-refractivity contribution is 5.98. The summed E-state index contributed by atoms with van der Waals surface area (Å²) in [5, 5.41) is 11.3. The van der Waals surface area contributed by atoms with Gasteiger partial charge >= 0.3 is 0 Å². The summed E-state index contributed by atoms with van der Waals surface area (Å²) in [5.41, 5.74) is 9.31. The van der Waals surface area contributed by atoms with E-state index in [0.29, 0.717) is 30.1 Å². The largest absolute Gasteiger partial charge is 0.365 e. The molecule has 0 fully saturated rings. The molecule has 3 N–H and O–H groups in total. The Hall–Kier alpha value is -4.08. The molecule has 0 aliphatic heterocycles. The molecule has 1 aromatic carbocycles. The molecule has 0 aliphatic rings. The van der Waals surface area contributed by atoms with Crippen LogP contribution in [0, 0.1) is 19.7 Å². The van der Waals surface area contributed by atoms with Crippen LogP contribution in [-0.4, -0.2) is 36.2 Å². The number of hydrogen-bond acceptors (Lipinski definition) is 5. The summed E-state index contributed by atoms with van der Waals surface area (Å²) in [6, 6.07) is 7.84. The molecule has 3 aromatic heterocycles. The standard InChI is InChI=1S/C22H22FN7O2/c1-13-17(14(2)30-22(27-13)18(11-26-30)21(24)32)7-8-20(31)28-19-9-10-25-29(19)12-15-3-5-16(23)6-4-15/h3-6,9-11H,7-8,12H2,1-2H3,(H2,24,32)(H,28,31). The molecule has 4 rings (SSSR count). The second-order valence-corrected chi connectivity index (χ2v) is 7.47. The van der Waals surface area contributed by atoms with E-state index in [-0.39, 0.29) is 23.7 Å². The Bertz CT molecular complexity index is 1310. The second-order valence-electron chi connectivity index (χ2n) is 7.47. The molecule has 3 heterocycles. The van der Waals surface area contributed by atoms with Crippen LogP contribution in [0.1, 0.15) is 39.3 Å². The van der Waals surface area contributed by atoms with Crippen LogP contribution in [-0.2, 0) is 17.8 Å². The fourth-order valence-corrected chi connectivity index (χ4v) is 3.62. The molecule has 0 radical (unpaired) electrons. The number of benzene rings is 1. The summed E-state index contributed by atoms with van der Waals surface area (Å²) < 4.78 is 16.3. The van der Waals surface area contributed by atoms with Crippen molar-refractivity contribution in [3.8, 4) is 0 Å². The van der Waals surface area contributed by atoms with Crippen molar-refractivity contribution >= 4 is 23.3 Å². The molecular weight excluding hydrogens is 413 g/mol. The molecule has 9 nitrogen and oxygen atoms in total. The van der Waals surface area contributed by atoms with Crippen molar-refractivity contribution in [1.82, 2.24) is 24.4 Å². The van der Waals surface area contributed by atoms with Gasteiger partial charge in [0.1, 0.15) is 17.2 Å². The fraction of sp³-hybridized carbons (Fsp3) is 0.227. The third-order valence-electron chi connectivity index (χ3n) is 5.31. The summed E-state index contributed by atoms with van der Waals surface area (Å²) in [6.07, 6.45) is 3.67. The number of hydrogen-bond donors (Lipinski definition) is 2. The van der Waals surface area contributed by atoms with E-state index >= 15 is 0 Å². The molecule has 0 atom stereocenters. The maximum absolute atomic E-state index is 13.1. The first-order chi connectivity index (χ1) is 15.3. The van der Waals surface area contributed by atoms with Gasteiger partial charge in [0.05, 0.1) is 18.9 Å². The Kier molecular flexibility index (Phi) is 5.67. The number of rotatable bonds is 7. The Morgan fingerprint density at radius 2 is 1.88 bits per heavy atom. The minimum absolute atomic E-state index is 0.178. The van der Waals surface area contributed by atoms with Gasteiger partial charge in [0.15, 0.2) is 5.65 Å². The van der Waals surface area contributed by atoms with Crippen LogP contribution >= 0.6 is 0 Å². The fourth-order valence-electron chi connectivity index (χ4n) is 3.62. The van der Waals surface area contributed by atoms with Crippen molar-refractivity contribution in [2.75, 3.05) is 5.32 Å². The predicted molar refractivity (Wildman–Crippen MR) is 116 cm³/mol. The summed E-state index contributed by atoms with van der Waals surface area (Å²) in [6.45, 7) is 4.10. The van der Waals surface area contributed by atoms with Gasteiger partial charge in [0, 0.05) is 23.9 Å². The molecule has 164 valence electrons. The molecule has 0 spiro atoms. The average molecular weight is 435 g/mol. The van der Waals surface area contributed by atoms with E-state index in [0.717, 1.165) is 16.8 Å². The average Bonchev–Trinajstić information content (AvgIpc) is 3.36. The number of aromatic nitrogens is 5. The lowest BCUT2D eigenvalue weighted by Gasteiger charge is -2.12. The van der Waals surface area contributed by atoms with E-state index in [1.165, 1.54) is 18.3 Å². The van der Waals surface area contributed by atoms with Crippen LogP contribution in [0.2, 0.25) is 0 Å². The van der Waals surface area contributed by atoms with Gasteiger partial charge in [-0.25, -0.2) is 18.6 Å². The van der Waals surface area contributed by atoms with Crippen LogP contribution in [0.4, 0.5) is 10.2 Å². The summed E-state index contributed by atoms with van der Waals surface area (Å²) in [4.78, 5) is 28.6. The molecule has 0 saturated heterocycles. The number of amides is 2. The van der Waals surface area contributed by atoms with Crippen molar-refractivity contribution in [3.63, 3.8) is 0 Å². The quantitative estimate of drug-likeness (QED) is 0.462. The van der Waals surface area contributed by atoms with Gasteiger partial charge in [-0.2, -0.15) is 10.2 Å². The Morgan fingerprint density at radius 1 is 1.12 bits per heavy atom. The SMILES string of the molecule is Cc1nc2c(C(N)=O)cnn2c(C)c1CCC(=O)Nc1ccnn1Cc1ccc(F)cc1. The van der Waals surface area contributed by atoms with Crippen molar-refractivity contribution in [3.05, 3.63) is 76.6 Å². The van der Waals surface area contributed by atoms with E-state index < -0.39 is 5.91 Å². The third-order valence-corrected chi connectivity index (χ3v) is 5.31. The lowest BCUT2D eigenvalue weighted by atomic mass is 10.1. The Labute approximate surface area is 183 Å². The van der Waals surface area contributed by atoms with Crippen LogP contribution in [0.25, 0.3) is 5.65 Å². The van der Waals surface area contributed by atoms with Crippen LogP contribution < -0.4 is 11.1 Å². The molecule has 10 heteroatoms. The highest BCUT2D eigenvalue weighted by Gasteiger charge is 2.17. The monoisotopic (exact) mass is 435 g/mol. The number of nitrogens with one attached hydrogen (secondary N) is 1. The number of aryl methyl sites for hydroxylation is 2. The maximum Gasteiger partial charge on any atom is 0.254 e. The molecular formula is C22H22FN7O2. The van der Waals surface area contributed by atoms with Gasteiger partial charge < -0.3 is 11.1 Å². The lowest BCUT2D eigenvalue weighted by molar-refractivity contribution is -0.116. The van der Waals surface area contributed by atoms with Crippen LogP contribution in [0.3, 0.4) is 0 Å².